The van der Waals surface area contributed by atoms with E-state index in [0.717, 1.165) is 27.8 Å². The van der Waals surface area contributed by atoms with Gasteiger partial charge >= 0.3 is 18.2 Å². The Morgan fingerprint density at radius 1 is 0.893 bits per heavy atom. The Morgan fingerprint density at radius 3 is 2.30 bits per heavy atom. The van der Waals surface area contributed by atoms with Gasteiger partial charge in [-0.2, -0.15) is 0 Å². The minimum absolute atomic E-state index is 0.0846. The normalized spacial score (nSPS) is 19.0. The minimum Gasteiger partial charge on any atom is -0.462 e. The lowest BCUT2D eigenvalue weighted by Crippen LogP contribution is -2.46. The van der Waals surface area contributed by atoms with E-state index in [0.29, 0.717) is 32.2 Å². The van der Waals surface area contributed by atoms with Gasteiger partial charge in [0.2, 0.25) is 11.8 Å². The monoisotopic (exact) mass is 768 g/mol. The van der Waals surface area contributed by atoms with Crippen LogP contribution in [0.25, 0.3) is 11.1 Å². The highest BCUT2D eigenvalue weighted by Crippen LogP contribution is 2.44. The molecule has 1 aliphatic carbocycles. The summed E-state index contributed by atoms with van der Waals surface area (Å²) in [6.45, 7) is 1.82. The van der Waals surface area contributed by atoms with Crippen LogP contribution in [0.3, 0.4) is 0 Å². The fraction of sp³-hybridized carbons (Fsp3) is 0.419. The zero-order valence-corrected chi connectivity index (χ0v) is 31.7. The van der Waals surface area contributed by atoms with Crippen molar-refractivity contribution >= 4 is 30.0 Å². The van der Waals surface area contributed by atoms with Gasteiger partial charge in [-0.25, -0.2) is 14.4 Å². The molecule has 13 heteroatoms. The highest BCUT2D eigenvalue weighted by molar-refractivity contribution is 5.86. The molecule has 13 nitrogen and oxygen atoms in total. The van der Waals surface area contributed by atoms with Crippen molar-refractivity contribution in [2.45, 2.75) is 82.5 Å². The quantitative estimate of drug-likeness (QED) is 0.0633. The standard InChI is InChI=1S/C43H52N4O9/c1-29(25-48)45-39(49)24-31-16-6-3-7-22-38(47-43(53)56-28-37-35-20-10-8-18-33(35)34-19-9-11-21-36(34)37)41(51)54-27-32(46-40(31)50)17-12-13-23-44-42(52)55-26-30-14-4-2-5-15-30/h2-6,8-11,14-15,18-21,29,31-32,37-38,48H,7,12-13,16-17,22-28H2,1H3,(H,44,52)(H,45,49)(H,46,50)(H,47,53). The molecule has 0 spiro atoms. The van der Waals surface area contributed by atoms with E-state index in [1.54, 1.807) is 19.1 Å². The lowest BCUT2D eigenvalue weighted by atomic mass is 9.98. The van der Waals surface area contributed by atoms with Crippen molar-refractivity contribution < 1.29 is 43.3 Å². The number of esters is 1. The minimum atomic E-state index is -1.01. The van der Waals surface area contributed by atoms with Crippen LogP contribution >= 0.6 is 0 Å². The molecule has 0 saturated carbocycles. The van der Waals surface area contributed by atoms with E-state index >= 15 is 0 Å². The van der Waals surface area contributed by atoms with Crippen molar-refractivity contribution in [3.05, 3.63) is 108 Å². The van der Waals surface area contributed by atoms with Crippen molar-refractivity contribution in [2.75, 3.05) is 26.4 Å². The first-order valence-electron chi connectivity index (χ1n) is 19.3. The van der Waals surface area contributed by atoms with E-state index in [1.165, 1.54) is 0 Å². The lowest BCUT2D eigenvalue weighted by molar-refractivity contribution is -0.147. The zero-order chi connectivity index (χ0) is 39.7. The molecule has 0 radical (unpaired) electrons. The molecule has 0 fully saturated rings. The van der Waals surface area contributed by atoms with Crippen LogP contribution in [0.4, 0.5) is 9.59 Å². The van der Waals surface area contributed by atoms with Gasteiger partial charge in [0.05, 0.1) is 18.6 Å². The number of carbonyl (C=O) groups excluding carboxylic acids is 5. The van der Waals surface area contributed by atoms with E-state index in [1.807, 2.05) is 66.7 Å². The maximum atomic E-state index is 13.5. The van der Waals surface area contributed by atoms with E-state index in [-0.39, 0.29) is 63.4 Å². The molecule has 56 heavy (non-hydrogen) atoms. The summed E-state index contributed by atoms with van der Waals surface area (Å²) in [4.78, 5) is 65.1. The van der Waals surface area contributed by atoms with Crippen LogP contribution in [0.5, 0.6) is 0 Å². The fourth-order valence-electron chi connectivity index (χ4n) is 6.84. The summed E-state index contributed by atoms with van der Waals surface area (Å²) in [5, 5.41) is 20.4. The maximum Gasteiger partial charge on any atom is 0.407 e. The second-order valence-electron chi connectivity index (χ2n) is 14.2. The Morgan fingerprint density at radius 2 is 1.59 bits per heavy atom. The van der Waals surface area contributed by atoms with Crippen LogP contribution < -0.4 is 21.3 Å². The molecule has 3 aromatic rings. The Bertz CT molecular complexity index is 1770. The van der Waals surface area contributed by atoms with Crippen molar-refractivity contribution in [2.24, 2.45) is 5.92 Å². The van der Waals surface area contributed by atoms with Gasteiger partial charge in [0.15, 0.2) is 0 Å². The maximum absolute atomic E-state index is 13.5. The molecule has 0 aromatic heterocycles. The fourth-order valence-corrected chi connectivity index (χ4v) is 6.84. The summed E-state index contributed by atoms with van der Waals surface area (Å²) < 4.78 is 16.7. The van der Waals surface area contributed by atoms with Crippen molar-refractivity contribution in [1.29, 1.82) is 0 Å². The average molecular weight is 769 g/mol. The van der Waals surface area contributed by atoms with Gasteiger partial charge in [0, 0.05) is 24.9 Å². The van der Waals surface area contributed by atoms with Gasteiger partial charge in [-0.3, -0.25) is 9.59 Å². The van der Waals surface area contributed by atoms with Crippen molar-refractivity contribution in [3.63, 3.8) is 0 Å². The number of carbonyl (C=O) groups is 5. The Balaban J connectivity index is 1.18. The number of ether oxygens (including phenoxy) is 3. The van der Waals surface area contributed by atoms with Crippen LogP contribution in [-0.4, -0.2) is 79.6 Å². The molecular weight excluding hydrogens is 716 g/mol. The van der Waals surface area contributed by atoms with Gasteiger partial charge in [0.25, 0.3) is 0 Å². The molecule has 0 saturated heterocycles. The third-order valence-electron chi connectivity index (χ3n) is 9.85. The summed E-state index contributed by atoms with van der Waals surface area (Å²) in [6.07, 6.45) is 4.58. The van der Waals surface area contributed by atoms with E-state index in [2.05, 4.69) is 33.4 Å². The first kappa shape index (κ1) is 41.5. The largest absolute Gasteiger partial charge is 0.462 e. The molecule has 1 heterocycles. The van der Waals surface area contributed by atoms with E-state index < -0.39 is 42.2 Å². The van der Waals surface area contributed by atoms with Gasteiger partial charge in [-0.15, -0.1) is 0 Å². The predicted molar refractivity (Wildman–Crippen MR) is 209 cm³/mol. The summed E-state index contributed by atoms with van der Waals surface area (Å²) in [5.74, 6) is -2.28. The number of hydrogen-bond acceptors (Lipinski definition) is 9. The first-order chi connectivity index (χ1) is 27.2. The van der Waals surface area contributed by atoms with Crippen LogP contribution in [0.2, 0.25) is 0 Å². The summed E-state index contributed by atoms with van der Waals surface area (Å²) in [7, 11) is 0. The van der Waals surface area contributed by atoms with Gasteiger partial charge in [-0.05, 0) is 73.3 Å². The number of aliphatic hydroxyl groups is 1. The number of rotatable bonds is 14. The summed E-state index contributed by atoms with van der Waals surface area (Å²) in [6, 6.07) is 23.3. The topological polar surface area (TPSA) is 181 Å². The van der Waals surface area contributed by atoms with Gasteiger partial charge in [-0.1, -0.05) is 91.0 Å². The molecular formula is C43H52N4O9. The number of hydrogen-bond donors (Lipinski definition) is 5. The van der Waals surface area contributed by atoms with Crippen molar-refractivity contribution in [3.8, 4) is 11.1 Å². The predicted octanol–water partition coefficient (Wildman–Crippen LogP) is 5.26. The molecule has 5 N–H and O–H groups in total. The number of benzene rings is 3. The van der Waals surface area contributed by atoms with Gasteiger partial charge < -0.3 is 40.6 Å². The molecule has 4 unspecified atom stereocenters. The Hall–Kier alpha value is -5.69. The van der Waals surface area contributed by atoms with Crippen LogP contribution in [0, 0.1) is 5.92 Å². The van der Waals surface area contributed by atoms with Gasteiger partial charge in [0.1, 0.15) is 25.9 Å². The Kier molecular flexibility index (Phi) is 15.9. The lowest BCUT2D eigenvalue weighted by Gasteiger charge is -2.24. The number of aliphatic hydroxyl groups excluding tert-OH is 1. The molecule has 5 rings (SSSR count). The average Bonchev–Trinajstić information content (AvgIpc) is 3.53. The smallest absolute Gasteiger partial charge is 0.407 e. The van der Waals surface area contributed by atoms with Crippen LogP contribution in [0.15, 0.2) is 91.0 Å². The summed E-state index contributed by atoms with van der Waals surface area (Å²) in [5.41, 5.74) is 5.21. The molecule has 4 atom stereocenters. The molecule has 1 aliphatic heterocycles. The third kappa shape index (κ3) is 12.4. The SMILES string of the molecule is CC(CO)NC(=O)CC1CC=CCCC(NC(=O)OCC2c3ccccc3-c3ccccc32)C(=O)OCC(CCCCNC(=O)OCc2ccccc2)NC1=O. The number of nitrogens with one attached hydrogen (secondary N) is 4. The number of allylic oxidation sites excluding steroid dienone is 2. The number of unbranched alkanes of at least 4 members (excludes halogenated alkanes) is 1. The second-order valence-corrected chi connectivity index (χ2v) is 14.2. The zero-order valence-electron chi connectivity index (χ0n) is 31.7. The van der Waals surface area contributed by atoms with E-state index in [9.17, 15) is 29.1 Å². The number of alkyl carbamates (subject to hydrolysis) is 2. The highest BCUT2D eigenvalue weighted by atomic mass is 16.6. The Labute approximate surface area is 327 Å². The van der Waals surface area contributed by atoms with Crippen molar-refractivity contribution in [1.82, 2.24) is 21.3 Å². The van der Waals surface area contributed by atoms with Crippen LogP contribution in [-0.2, 0) is 35.2 Å². The molecule has 0 bridgehead atoms. The molecule has 4 amide bonds. The number of cyclic esters (lactones) is 1. The highest BCUT2D eigenvalue weighted by Gasteiger charge is 2.31. The number of amides is 4. The van der Waals surface area contributed by atoms with Crippen LogP contribution in [0.1, 0.15) is 74.5 Å². The molecule has 298 valence electrons. The molecule has 3 aromatic carbocycles. The summed E-state index contributed by atoms with van der Waals surface area (Å²) >= 11 is 0. The first-order valence-corrected chi connectivity index (χ1v) is 19.3. The molecule has 2 aliphatic rings. The number of fused-ring (bicyclic) bond motifs is 3. The van der Waals surface area contributed by atoms with E-state index in [4.69, 9.17) is 14.2 Å². The third-order valence-corrected chi connectivity index (χ3v) is 9.85. The second kappa shape index (κ2) is 21.4.